The molecule has 1 N–H and O–H groups in total. The quantitative estimate of drug-likeness (QED) is 0.868. The highest BCUT2D eigenvalue weighted by Gasteiger charge is 2.40. The molecule has 1 unspecified atom stereocenters. The molecule has 1 atom stereocenters. The molecule has 0 saturated carbocycles. The van der Waals surface area contributed by atoms with Crippen LogP contribution in [0.2, 0.25) is 0 Å². The highest BCUT2D eigenvalue weighted by Crippen LogP contribution is 2.28. The van der Waals surface area contributed by atoms with Crippen molar-refractivity contribution >= 4 is 17.5 Å². The number of hydrogen-bond acceptors (Lipinski definition) is 4. The number of aromatic nitrogens is 1. The van der Waals surface area contributed by atoms with Crippen LogP contribution < -0.4 is 5.32 Å². The molecule has 1 aromatic rings. The van der Waals surface area contributed by atoms with Gasteiger partial charge in [-0.15, -0.1) is 0 Å². The first-order valence-electron chi connectivity index (χ1n) is 6.36. The molecule has 1 fully saturated rings. The summed E-state index contributed by atoms with van der Waals surface area (Å²) in [5.74, 6) is -0.678. The van der Waals surface area contributed by atoms with Crippen molar-refractivity contribution in [2.24, 2.45) is 0 Å². The van der Waals surface area contributed by atoms with Gasteiger partial charge in [0.2, 0.25) is 5.91 Å². The van der Waals surface area contributed by atoms with Crippen LogP contribution in [0.3, 0.4) is 0 Å². The lowest BCUT2D eigenvalue weighted by atomic mass is 10.2. The Balaban J connectivity index is 2.09. The second-order valence-electron chi connectivity index (χ2n) is 5.03. The maximum Gasteiger partial charge on any atom is 0.433 e. The third-order valence-electron chi connectivity index (χ3n) is 3.09. The van der Waals surface area contributed by atoms with E-state index in [0.717, 1.165) is 17.2 Å². The zero-order valence-corrected chi connectivity index (χ0v) is 11.4. The molecule has 1 aromatic heterocycles. The molecule has 2 rings (SSSR count). The summed E-state index contributed by atoms with van der Waals surface area (Å²) in [6, 6.07) is 0.996. The second-order valence-corrected chi connectivity index (χ2v) is 5.03. The second kappa shape index (κ2) is 5.34. The SMILES string of the molecule is CC(C)N1C(=O)CC(Nc2ccc(C(F)(F)F)nc2)C1=O. The minimum absolute atomic E-state index is 0.0158. The fourth-order valence-corrected chi connectivity index (χ4v) is 2.15. The number of likely N-dealkylation sites (tertiary alicyclic amines) is 1. The monoisotopic (exact) mass is 301 g/mol. The molecule has 0 spiro atoms. The summed E-state index contributed by atoms with van der Waals surface area (Å²) in [6.07, 6.45) is -3.53. The van der Waals surface area contributed by atoms with E-state index in [2.05, 4.69) is 10.3 Å². The molecular weight excluding hydrogens is 287 g/mol. The molecule has 2 heterocycles. The lowest BCUT2D eigenvalue weighted by Gasteiger charge is -2.19. The predicted octanol–water partition coefficient (Wildman–Crippen LogP) is 2.05. The van der Waals surface area contributed by atoms with Gasteiger partial charge in [-0.3, -0.25) is 14.5 Å². The maximum atomic E-state index is 12.4. The average molecular weight is 301 g/mol. The Hall–Kier alpha value is -2.12. The molecule has 21 heavy (non-hydrogen) atoms. The van der Waals surface area contributed by atoms with Gasteiger partial charge in [-0.05, 0) is 26.0 Å². The number of alkyl halides is 3. The Morgan fingerprint density at radius 2 is 2.00 bits per heavy atom. The number of carbonyl (C=O) groups excluding carboxylic acids is 2. The van der Waals surface area contributed by atoms with Crippen LogP contribution >= 0.6 is 0 Å². The molecule has 8 heteroatoms. The number of anilines is 1. The Morgan fingerprint density at radius 1 is 1.33 bits per heavy atom. The summed E-state index contributed by atoms with van der Waals surface area (Å²) < 4.78 is 37.2. The summed E-state index contributed by atoms with van der Waals surface area (Å²) in [6.45, 7) is 3.44. The Labute approximate surface area is 119 Å². The number of rotatable bonds is 3. The summed E-state index contributed by atoms with van der Waals surface area (Å²) in [4.78, 5) is 28.2. The van der Waals surface area contributed by atoms with E-state index in [1.165, 1.54) is 6.07 Å². The minimum Gasteiger partial charge on any atom is -0.372 e. The van der Waals surface area contributed by atoms with Crippen LogP contribution in [0, 0.1) is 0 Å². The number of carbonyl (C=O) groups is 2. The maximum absolute atomic E-state index is 12.4. The van der Waals surface area contributed by atoms with Gasteiger partial charge in [-0.25, -0.2) is 4.98 Å². The van der Waals surface area contributed by atoms with E-state index in [4.69, 9.17) is 0 Å². The van der Waals surface area contributed by atoms with Crippen LogP contribution in [0.15, 0.2) is 18.3 Å². The van der Waals surface area contributed by atoms with Gasteiger partial charge >= 0.3 is 6.18 Å². The Kier molecular flexibility index (Phi) is 3.89. The van der Waals surface area contributed by atoms with Crippen molar-refractivity contribution < 1.29 is 22.8 Å². The highest BCUT2D eigenvalue weighted by molar-refractivity contribution is 6.07. The van der Waals surface area contributed by atoms with Gasteiger partial charge in [0.1, 0.15) is 11.7 Å². The van der Waals surface area contributed by atoms with Crippen LogP contribution in [0.25, 0.3) is 0 Å². The molecular formula is C13H14F3N3O2. The third-order valence-corrected chi connectivity index (χ3v) is 3.09. The van der Waals surface area contributed by atoms with Crippen molar-refractivity contribution in [2.45, 2.75) is 38.5 Å². The zero-order chi connectivity index (χ0) is 15.8. The Morgan fingerprint density at radius 3 is 2.43 bits per heavy atom. The van der Waals surface area contributed by atoms with E-state index in [1.54, 1.807) is 13.8 Å². The van der Waals surface area contributed by atoms with E-state index in [9.17, 15) is 22.8 Å². The van der Waals surface area contributed by atoms with E-state index >= 15 is 0 Å². The van der Waals surface area contributed by atoms with Gasteiger partial charge in [-0.2, -0.15) is 13.2 Å². The van der Waals surface area contributed by atoms with E-state index in [-0.39, 0.29) is 30.0 Å². The van der Waals surface area contributed by atoms with Crippen molar-refractivity contribution in [3.63, 3.8) is 0 Å². The fraction of sp³-hybridized carbons (Fsp3) is 0.462. The molecule has 0 radical (unpaired) electrons. The van der Waals surface area contributed by atoms with E-state index < -0.39 is 17.9 Å². The molecule has 2 amide bonds. The standard InChI is InChI=1S/C13H14F3N3O2/c1-7(2)19-11(20)5-9(12(19)21)18-8-3-4-10(17-6-8)13(14,15)16/h3-4,6-7,9,18H,5H2,1-2H3. The van der Waals surface area contributed by atoms with Gasteiger partial charge in [-0.1, -0.05) is 0 Å². The molecule has 0 aromatic carbocycles. The van der Waals surface area contributed by atoms with Crippen LogP contribution in [0.4, 0.5) is 18.9 Å². The molecule has 1 saturated heterocycles. The summed E-state index contributed by atoms with van der Waals surface area (Å²) in [5.41, 5.74) is -0.745. The lowest BCUT2D eigenvalue weighted by Crippen LogP contribution is -2.39. The molecule has 1 aliphatic rings. The largest absolute Gasteiger partial charge is 0.433 e. The molecule has 5 nitrogen and oxygen atoms in total. The van der Waals surface area contributed by atoms with Crippen LogP contribution in [-0.2, 0) is 15.8 Å². The van der Waals surface area contributed by atoms with Crippen molar-refractivity contribution in [2.75, 3.05) is 5.32 Å². The minimum atomic E-state index is -4.51. The lowest BCUT2D eigenvalue weighted by molar-refractivity contribution is -0.142. The fourth-order valence-electron chi connectivity index (χ4n) is 2.15. The number of amides is 2. The predicted molar refractivity (Wildman–Crippen MR) is 68.3 cm³/mol. The number of pyridine rings is 1. The van der Waals surface area contributed by atoms with Crippen LogP contribution in [0.1, 0.15) is 26.0 Å². The highest BCUT2D eigenvalue weighted by atomic mass is 19.4. The topological polar surface area (TPSA) is 62.3 Å². The molecule has 0 aliphatic carbocycles. The smallest absolute Gasteiger partial charge is 0.372 e. The van der Waals surface area contributed by atoms with Gasteiger partial charge < -0.3 is 5.32 Å². The van der Waals surface area contributed by atoms with Crippen LogP contribution in [-0.4, -0.2) is 33.8 Å². The van der Waals surface area contributed by atoms with Crippen LogP contribution in [0.5, 0.6) is 0 Å². The van der Waals surface area contributed by atoms with Gasteiger partial charge in [0.15, 0.2) is 0 Å². The molecule has 114 valence electrons. The Bertz CT molecular complexity index is 555. The molecule has 1 aliphatic heterocycles. The number of nitrogens with zero attached hydrogens (tertiary/aromatic N) is 2. The van der Waals surface area contributed by atoms with E-state index in [1.807, 2.05) is 0 Å². The zero-order valence-electron chi connectivity index (χ0n) is 11.4. The first-order valence-corrected chi connectivity index (χ1v) is 6.36. The molecule has 0 bridgehead atoms. The first-order chi connectivity index (χ1) is 9.70. The van der Waals surface area contributed by atoms with Gasteiger partial charge in [0.25, 0.3) is 5.91 Å². The number of hydrogen-bond donors (Lipinski definition) is 1. The van der Waals surface area contributed by atoms with Crippen molar-refractivity contribution in [3.8, 4) is 0 Å². The average Bonchev–Trinajstić information content (AvgIpc) is 2.64. The number of halogens is 3. The number of imide groups is 1. The normalized spacial score (nSPS) is 19.5. The van der Waals surface area contributed by atoms with E-state index in [0.29, 0.717) is 0 Å². The van der Waals surface area contributed by atoms with Gasteiger partial charge in [0.05, 0.1) is 18.3 Å². The summed E-state index contributed by atoms with van der Waals surface area (Å²) in [7, 11) is 0. The number of nitrogens with one attached hydrogen (secondary N) is 1. The van der Waals surface area contributed by atoms with Crippen molar-refractivity contribution in [1.29, 1.82) is 0 Å². The summed E-state index contributed by atoms with van der Waals surface area (Å²) in [5, 5.41) is 2.74. The van der Waals surface area contributed by atoms with Gasteiger partial charge in [0, 0.05) is 6.04 Å². The third kappa shape index (κ3) is 3.14. The van der Waals surface area contributed by atoms with Crippen molar-refractivity contribution in [3.05, 3.63) is 24.0 Å². The first kappa shape index (κ1) is 15.3. The van der Waals surface area contributed by atoms with Crippen molar-refractivity contribution in [1.82, 2.24) is 9.88 Å². The summed E-state index contributed by atoms with van der Waals surface area (Å²) >= 11 is 0.